The van der Waals surface area contributed by atoms with Gasteiger partial charge >= 0.3 is 5.69 Å². The van der Waals surface area contributed by atoms with Gasteiger partial charge in [-0.25, -0.2) is 4.79 Å². The third kappa shape index (κ3) is 2.68. The minimum atomic E-state index is -0.631. The summed E-state index contributed by atoms with van der Waals surface area (Å²) in [7, 11) is 0. The molecule has 1 rings (SSSR count). The van der Waals surface area contributed by atoms with Gasteiger partial charge in [0.2, 0.25) is 0 Å². The van der Waals surface area contributed by atoms with Gasteiger partial charge in [-0.05, 0) is 6.92 Å². The van der Waals surface area contributed by atoms with Gasteiger partial charge in [-0.3, -0.25) is 14.3 Å². The zero-order chi connectivity index (χ0) is 11.4. The Morgan fingerprint density at radius 2 is 2.20 bits per heavy atom. The Morgan fingerprint density at radius 3 is 2.80 bits per heavy atom. The summed E-state index contributed by atoms with van der Waals surface area (Å²) in [5.74, 6) is 0. The summed E-state index contributed by atoms with van der Waals surface area (Å²) in [6, 6.07) is 0. The Balaban J connectivity index is 3.02. The molecule has 0 aromatic carbocycles. The van der Waals surface area contributed by atoms with Crippen LogP contribution in [0.5, 0.6) is 0 Å². The number of hydrogen-bond acceptors (Lipinski definition) is 4. The van der Waals surface area contributed by atoms with Crippen LogP contribution in [0.25, 0.3) is 0 Å². The number of nitrogens with one attached hydrogen (secondary N) is 1. The van der Waals surface area contributed by atoms with E-state index in [2.05, 4.69) is 4.98 Å². The zero-order valence-corrected chi connectivity index (χ0v) is 8.87. The lowest BCUT2D eigenvalue weighted by Gasteiger charge is -2.08. The van der Waals surface area contributed by atoms with Crippen molar-refractivity contribution >= 4 is 11.6 Å². The van der Waals surface area contributed by atoms with Gasteiger partial charge in [0.15, 0.2) is 0 Å². The second-order valence-corrected chi connectivity index (χ2v) is 3.22. The highest BCUT2D eigenvalue weighted by Crippen LogP contribution is 2.07. The summed E-state index contributed by atoms with van der Waals surface area (Å²) in [5.41, 5.74) is -0.888. The van der Waals surface area contributed by atoms with Crippen LogP contribution in [-0.2, 0) is 11.5 Å². The molecule has 0 amide bonds. The number of ether oxygens (including phenoxy) is 1. The van der Waals surface area contributed by atoms with Crippen LogP contribution in [-0.4, -0.2) is 27.9 Å². The van der Waals surface area contributed by atoms with Gasteiger partial charge in [0.05, 0.1) is 13.2 Å². The van der Waals surface area contributed by atoms with Crippen molar-refractivity contribution in [1.82, 2.24) is 9.55 Å². The molecular formula is C8H11ClN2O4. The van der Waals surface area contributed by atoms with Crippen molar-refractivity contribution in [3.63, 3.8) is 0 Å². The van der Waals surface area contributed by atoms with Crippen LogP contribution in [0.2, 0.25) is 5.15 Å². The van der Waals surface area contributed by atoms with E-state index in [4.69, 9.17) is 21.4 Å². The van der Waals surface area contributed by atoms with Crippen LogP contribution in [0.15, 0.2) is 9.59 Å². The van der Waals surface area contributed by atoms with Crippen LogP contribution in [0.3, 0.4) is 0 Å². The Labute approximate surface area is 90.1 Å². The first-order valence-corrected chi connectivity index (χ1v) is 4.63. The second-order valence-electron chi connectivity index (χ2n) is 2.86. The number of aromatic nitrogens is 2. The van der Waals surface area contributed by atoms with Crippen molar-refractivity contribution in [2.24, 2.45) is 0 Å². The lowest BCUT2D eigenvalue weighted by Crippen LogP contribution is -2.32. The normalized spacial score (nSPS) is 10.6. The van der Waals surface area contributed by atoms with Gasteiger partial charge < -0.3 is 9.84 Å². The van der Waals surface area contributed by atoms with Crippen molar-refractivity contribution in [3.05, 3.63) is 31.6 Å². The minimum Gasteiger partial charge on any atom is -0.394 e. The molecule has 1 aromatic rings. The number of halogens is 1. The van der Waals surface area contributed by atoms with E-state index in [-0.39, 0.29) is 30.7 Å². The molecule has 0 fully saturated rings. The SMILES string of the molecule is Cc1c(Cl)n(COCCO)c(=O)[nH]c1=O. The summed E-state index contributed by atoms with van der Waals surface area (Å²) in [6.45, 7) is 1.36. The average molecular weight is 235 g/mol. The van der Waals surface area contributed by atoms with Gasteiger partial charge in [0.1, 0.15) is 11.9 Å². The Morgan fingerprint density at radius 1 is 1.53 bits per heavy atom. The molecule has 0 radical (unpaired) electrons. The monoisotopic (exact) mass is 234 g/mol. The summed E-state index contributed by atoms with van der Waals surface area (Å²) in [4.78, 5) is 24.5. The number of hydrogen-bond donors (Lipinski definition) is 2. The molecule has 0 unspecified atom stereocenters. The van der Waals surface area contributed by atoms with E-state index in [1.165, 1.54) is 6.92 Å². The Kier molecular flexibility index (Phi) is 4.07. The highest BCUT2D eigenvalue weighted by molar-refractivity contribution is 6.30. The van der Waals surface area contributed by atoms with E-state index >= 15 is 0 Å². The average Bonchev–Trinajstić information content (AvgIpc) is 2.20. The number of aromatic amines is 1. The summed E-state index contributed by atoms with van der Waals surface area (Å²) in [6.07, 6.45) is 0. The third-order valence-electron chi connectivity index (χ3n) is 1.81. The molecule has 0 spiro atoms. The molecule has 1 heterocycles. The fourth-order valence-electron chi connectivity index (χ4n) is 0.979. The Hall–Kier alpha value is -1.11. The molecule has 84 valence electrons. The number of aliphatic hydroxyl groups excluding tert-OH is 1. The maximum atomic E-state index is 11.3. The molecule has 2 N–H and O–H groups in total. The molecule has 0 saturated carbocycles. The van der Waals surface area contributed by atoms with Crippen LogP contribution >= 0.6 is 11.6 Å². The van der Waals surface area contributed by atoms with E-state index in [9.17, 15) is 9.59 Å². The van der Waals surface area contributed by atoms with Crippen molar-refractivity contribution in [1.29, 1.82) is 0 Å². The van der Waals surface area contributed by atoms with Crippen molar-refractivity contribution < 1.29 is 9.84 Å². The largest absolute Gasteiger partial charge is 0.394 e. The lowest BCUT2D eigenvalue weighted by atomic mass is 10.4. The molecule has 0 aliphatic carbocycles. The van der Waals surface area contributed by atoms with Gasteiger partial charge in [0, 0.05) is 5.56 Å². The molecule has 7 heteroatoms. The molecule has 0 atom stereocenters. The molecule has 15 heavy (non-hydrogen) atoms. The third-order valence-corrected chi connectivity index (χ3v) is 2.30. The van der Waals surface area contributed by atoms with E-state index in [0.717, 1.165) is 4.57 Å². The fraction of sp³-hybridized carbons (Fsp3) is 0.500. The quantitative estimate of drug-likeness (QED) is 0.542. The molecule has 0 saturated heterocycles. The van der Waals surface area contributed by atoms with E-state index < -0.39 is 11.2 Å². The lowest BCUT2D eigenvalue weighted by molar-refractivity contribution is 0.0457. The van der Waals surface area contributed by atoms with Gasteiger partial charge in [0.25, 0.3) is 5.56 Å². The predicted molar refractivity (Wildman–Crippen MR) is 54.1 cm³/mol. The predicted octanol–water partition coefficient (Wildman–Crippen LogP) is -0.535. The Bertz CT molecular complexity index is 451. The van der Waals surface area contributed by atoms with Crippen molar-refractivity contribution in [3.8, 4) is 0 Å². The topological polar surface area (TPSA) is 84.3 Å². The summed E-state index contributed by atoms with van der Waals surface area (Å²) < 4.78 is 6.01. The van der Waals surface area contributed by atoms with Crippen LogP contribution in [0.4, 0.5) is 0 Å². The maximum Gasteiger partial charge on any atom is 0.331 e. The first-order valence-electron chi connectivity index (χ1n) is 4.25. The van der Waals surface area contributed by atoms with Gasteiger partial charge in [-0.2, -0.15) is 0 Å². The van der Waals surface area contributed by atoms with Crippen molar-refractivity contribution in [2.45, 2.75) is 13.7 Å². The van der Waals surface area contributed by atoms with Gasteiger partial charge in [-0.15, -0.1) is 0 Å². The number of nitrogens with zero attached hydrogens (tertiary/aromatic N) is 1. The summed E-state index contributed by atoms with van der Waals surface area (Å²) >= 11 is 5.78. The van der Waals surface area contributed by atoms with Crippen molar-refractivity contribution in [2.75, 3.05) is 13.2 Å². The number of H-pyrrole nitrogens is 1. The minimum absolute atomic E-state index is 0.0432. The van der Waals surface area contributed by atoms with Crippen LogP contribution < -0.4 is 11.2 Å². The fourth-order valence-corrected chi connectivity index (χ4v) is 1.19. The first-order chi connectivity index (χ1) is 7.07. The van der Waals surface area contributed by atoms with Crippen LogP contribution in [0, 0.1) is 6.92 Å². The molecule has 0 aliphatic heterocycles. The molecule has 0 bridgehead atoms. The maximum absolute atomic E-state index is 11.3. The summed E-state index contributed by atoms with van der Waals surface area (Å²) in [5, 5.41) is 8.52. The van der Waals surface area contributed by atoms with E-state index in [0.29, 0.717) is 0 Å². The number of rotatable bonds is 4. The van der Waals surface area contributed by atoms with E-state index in [1.807, 2.05) is 0 Å². The van der Waals surface area contributed by atoms with Crippen LogP contribution in [0.1, 0.15) is 5.56 Å². The highest BCUT2D eigenvalue weighted by Gasteiger charge is 2.08. The molecule has 0 aliphatic rings. The highest BCUT2D eigenvalue weighted by atomic mass is 35.5. The standard InChI is InChI=1S/C8H11ClN2O4/c1-5-6(9)11(4-15-3-2-12)8(14)10-7(5)13/h12H,2-4H2,1H3,(H,10,13,14). The molecular weight excluding hydrogens is 224 g/mol. The number of aliphatic hydroxyl groups is 1. The zero-order valence-electron chi connectivity index (χ0n) is 8.12. The second kappa shape index (κ2) is 5.11. The van der Waals surface area contributed by atoms with E-state index in [1.54, 1.807) is 0 Å². The smallest absolute Gasteiger partial charge is 0.331 e. The first kappa shape index (κ1) is 12.0. The molecule has 1 aromatic heterocycles. The van der Waals surface area contributed by atoms with Gasteiger partial charge in [-0.1, -0.05) is 11.6 Å². The molecule has 6 nitrogen and oxygen atoms in total.